The Labute approximate surface area is 131 Å². The Morgan fingerprint density at radius 2 is 2.24 bits per heavy atom. The van der Waals surface area contributed by atoms with Crippen molar-refractivity contribution in [2.45, 2.75) is 13.5 Å². The molecular weight excluding hydrogens is 334 g/mol. The molecule has 2 aromatic rings. The molecule has 1 aromatic heterocycles. The molecular formula is C16H14BrNO3. The topological polar surface area (TPSA) is 59.4 Å². The van der Waals surface area contributed by atoms with Gasteiger partial charge in [0.25, 0.3) is 0 Å². The van der Waals surface area contributed by atoms with Crippen molar-refractivity contribution in [3.8, 4) is 5.75 Å². The first-order chi connectivity index (χ1) is 10.1. The molecule has 0 bridgehead atoms. The second-order valence-corrected chi connectivity index (χ2v) is 5.27. The van der Waals surface area contributed by atoms with Crippen molar-refractivity contribution in [1.29, 1.82) is 0 Å². The Balaban J connectivity index is 2.08. The average Bonchev–Trinajstić information content (AvgIpc) is 2.45. The predicted octanol–water partition coefficient (Wildman–Crippen LogP) is 3.83. The first-order valence-corrected chi connectivity index (χ1v) is 7.09. The molecule has 1 aromatic carbocycles. The molecule has 0 aliphatic heterocycles. The number of hydrogen-bond acceptors (Lipinski definition) is 3. The van der Waals surface area contributed by atoms with Crippen LogP contribution in [0.4, 0.5) is 0 Å². The molecule has 0 saturated heterocycles. The van der Waals surface area contributed by atoms with Gasteiger partial charge in [-0.05, 0) is 58.3 Å². The summed E-state index contributed by atoms with van der Waals surface area (Å²) in [6.07, 6.45) is 4.36. The van der Waals surface area contributed by atoms with Crippen molar-refractivity contribution in [2.75, 3.05) is 0 Å². The van der Waals surface area contributed by atoms with Gasteiger partial charge in [0, 0.05) is 12.3 Å². The molecule has 2 rings (SSSR count). The summed E-state index contributed by atoms with van der Waals surface area (Å²) in [6, 6.07) is 9.27. The van der Waals surface area contributed by atoms with Gasteiger partial charge in [-0.3, -0.25) is 4.98 Å². The van der Waals surface area contributed by atoms with Crippen molar-refractivity contribution in [1.82, 2.24) is 4.98 Å². The number of hydrogen-bond donors (Lipinski definition) is 1. The van der Waals surface area contributed by atoms with Gasteiger partial charge in [0.15, 0.2) is 0 Å². The fourth-order valence-corrected chi connectivity index (χ4v) is 2.23. The summed E-state index contributed by atoms with van der Waals surface area (Å²) in [5.41, 5.74) is 2.75. The molecule has 0 amide bonds. The second-order valence-electron chi connectivity index (χ2n) is 4.42. The SMILES string of the molecule is Cc1cccnc1COc1ccc(/C=C/C(=O)O)cc1Br. The Hall–Kier alpha value is -2.14. The van der Waals surface area contributed by atoms with Gasteiger partial charge in [0.1, 0.15) is 12.4 Å². The Kier molecular flexibility index (Phi) is 5.11. The maximum absolute atomic E-state index is 10.5. The summed E-state index contributed by atoms with van der Waals surface area (Å²) in [7, 11) is 0. The van der Waals surface area contributed by atoms with E-state index in [0.717, 1.165) is 27.4 Å². The number of aryl methyl sites for hydroxylation is 1. The largest absolute Gasteiger partial charge is 0.486 e. The minimum atomic E-state index is -0.975. The van der Waals surface area contributed by atoms with E-state index in [9.17, 15) is 4.79 Å². The highest BCUT2D eigenvalue weighted by molar-refractivity contribution is 9.10. The highest BCUT2D eigenvalue weighted by Gasteiger charge is 2.04. The van der Waals surface area contributed by atoms with E-state index < -0.39 is 5.97 Å². The molecule has 0 radical (unpaired) electrons. The fraction of sp³-hybridized carbons (Fsp3) is 0.125. The molecule has 1 heterocycles. The van der Waals surface area contributed by atoms with Gasteiger partial charge in [0.2, 0.25) is 0 Å². The number of rotatable bonds is 5. The van der Waals surface area contributed by atoms with Crippen LogP contribution in [0.15, 0.2) is 47.1 Å². The lowest BCUT2D eigenvalue weighted by atomic mass is 10.2. The van der Waals surface area contributed by atoms with Crippen molar-refractivity contribution >= 4 is 28.0 Å². The summed E-state index contributed by atoms with van der Waals surface area (Å²) in [6.45, 7) is 2.37. The van der Waals surface area contributed by atoms with Gasteiger partial charge < -0.3 is 9.84 Å². The first kappa shape index (κ1) is 15.3. The maximum Gasteiger partial charge on any atom is 0.328 e. The third-order valence-electron chi connectivity index (χ3n) is 2.86. The monoisotopic (exact) mass is 347 g/mol. The number of benzene rings is 1. The Morgan fingerprint density at radius 1 is 1.43 bits per heavy atom. The van der Waals surface area contributed by atoms with E-state index in [0.29, 0.717) is 12.4 Å². The average molecular weight is 348 g/mol. The lowest BCUT2D eigenvalue weighted by molar-refractivity contribution is -0.131. The van der Waals surface area contributed by atoms with Crippen LogP contribution >= 0.6 is 15.9 Å². The molecule has 1 N–H and O–H groups in total. The number of aromatic nitrogens is 1. The third-order valence-corrected chi connectivity index (χ3v) is 3.48. The molecule has 108 valence electrons. The molecule has 0 spiro atoms. The molecule has 0 atom stereocenters. The maximum atomic E-state index is 10.5. The highest BCUT2D eigenvalue weighted by atomic mass is 79.9. The minimum absolute atomic E-state index is 0.385. The van der Waals surface area contributed by atoms with Crippen LogP contribution in [0.2, 0.25) is 0 Å². The van der Waals surface area contributed by atoms with Crippen LogP contribution in [0.3, 0.4) is 0 Å². The van der Waals surface area contributed by atoms with Crippen LogP contribution in [0, 0.1) is 6.92 Å². The highest BCUT2D eigenvalue weighted by Crippen LogP contribution is 2.27. The first-order valence-electron chi connectivity index (χ1n) is 6.30. The number of halogens is 1. The zero-order chi connectivity index (χ0) is 15.2. The van der Waals surface area contributed by atoms with E-state index in [-0.39, 0.29) is 0 Å². The van der Waals surface area contributed by atoms with Crippen molar-refractivity contribution < 1.29 is 14.6 Å². The van der Waals surface area contributed by atoms with Crippen LogP contribution < -0.4 is 4.74 Å². The zero-order valence-electron chi connectivity index (χ0n) is 11.4. The minimum Gasteiger partial charge on any atom is -0.486 e. The summed E-state index contributed by atoms with van der Waals surface area (Å²) in [5.74, 6) is -0.287. The molecule has 0 unspecified atom stereocenters. The van der Waals surface area contributed by atoms with Gasteiger partial charge in [-0.15, -0.1) is 0 Å². The molecule has 0 fully saturated rings. The fourth-order valence-electron chi connectivity index (χ4n) is 1.72. The van der Waals surface area contributed by atoms with Gasteiger partial charge in [-0.25, -0.2) is 4.79 Å². The molecule has 0 aliphatic carbocycles. The van der Waals surface area contributed by atoms with E-state index in [1.165, 1.54) is 6.08 Å². The van der Waals surface area contributed by atoms with Crippen LogP contribution in [-0.2, 0) is 11.4 Å². The van der Waals surface area contributed by atoms with Gasteiger partial charge in [-0.2, -0.15) is 0 Å². The molecule has 0 aliphatic rings. The Bertz CT molecular complexity index is 683. The molecule has 21 heavy (non-hydrogen) atoms. The van der Waals surface area contributed by atoms with Gasteiger partial charge in [-0.1, -0.05) is 12.1 Å². The number of aliphatic carboxylic acids is 1. The van der Waals surface area contributed by atoms with Crippen molar-refractivity contribution in [3.05, 3.63) is 63.9 Å². The number of carbonyl (C=O) groups is 1. The van der Waals surface area contributed by atoms with Crippen molar-refractivity contribution in [2.24, 2.45) is 0 Å². The number of pyridine rings is 1. The van der Waals surface area contributed by atoms with Crippen LogP contribution in [0.1, 0.15) is 16.8 Å². The summed E-state index contributed by atoms with van der Waals surface area (Å²) < 4.78 is 6.50. The summed E-state index contributed by atoms with van der Waals surface area (Å²) in [4.78, 5) is 14.8. The molecule has 5 heteroatoms. The Morgan fingerprint density at radius 3 is 2.90 bits per heavy atom. The van der Waals surface area contributed by atoms with E-state index in [4.69, 9.17) is 9.84 Å². The van der Waals surface area contributed by atoms with Crippen LogP contribution in [-0.4, -0.2) is 16.1 Å². The number of ether oxygens (including phenoxy) is 1. The van der Waals surface area contributed by atoms with E-state index >= 15 is 0 Å². The number of carboxylic acids is 1. The zero-order valence-corrected chi connectivity index (χ0v) is 13.0. The van der Waals surface area contributed by atoms with E-state index in [1.54, 1.807) is 24.4 Å². The van der Waals surface area contributed by atoms with Crippen LogP contribution in [0.25, 0.3) is 6.08 Å². The quantitative estimate of drug-likeness (QED) is 0.835. The van der Waals surface area contributed by atoms with Crippen LogP contribution in [0.5, 0.6) is 5.75 Å². The second kappa shape index (κ2) is 7.04. The predicted molar refractivity (Wildman–Crippen MR) is 84.1 cm³/mol. The lowest BCUT2D eigenvalue weighted by Crippen LogP contribution is -2.00. The summed E-state index contributed by atoms with van der Waals surface area (Å²) in [5, 5.41) is 8.60. The molecule has 0 saturated carbocycles. The number of nitrogens with zero attached hydrogens (tertiary/aromatic N) is 1. The normalized spacial score (nSPS) is 10.8. The van der Waals surface area contributed by atoms with E-state index in [1.807, 2.05) is 19.1 Å². The number of carboxylic acid groups (broad SMARTS) is 1. The van der Waals surface area contributed by atoms with Crippen molar-refractivity contribution in [3.63, 3.8) is 0 Å². The summed E-state index contributed by atoms with van der Waals surface area (Å²) >= 11 is 3.42. The van der Waals surface area contributed by atoms with Gasteiger partial charge in [0.05, 0.1) is 10.2 Å². The smallest absolute Gasteiger partial charge is 0.328 e. The third kappa shape index (κ3) is 4.43. The van der Waals surface area contributed by atoms with E-state index in [2.05, 4.69) is 20.9 Å². The standard InChI is InChI=1S/C16H14BrNO3/c1-11-3-2-8-18-14(11)10-21-15-6-4-12(9-13(15)17)5-7-16(19)20/h2-9H,10H2,1H3,(H,19,20)/b7-5+. The molecule has 4 nitrogen and oxygen atoms in total. The van der Waals surface area contributed by atoms with Gasteiger partial charge >= 0.3 is 5.97 Å². The lowest BCUT2D eigenvalue weighted by Gasteiger charge is -2.09.